The van der Waals surface area contributed by atoms with Gasteiger partial charge < -0.3 is 5.32 Å². The van der Waals surface area contributed by atoms with Gasteiger partial charge in [-0.3, -0.25) is 9.36 Å². The molecular weight excluding hydrogens is 352 g/mol. The summed E-state index contributed by atoms with van der Waals surface area (Å²) >= 11 is 0. The van der Waals surface area contributed by atoms with Crippen molar-refractivity contribution in [1.82, 2.24) is 19.9 Å². The van der Waals surface area contributed by atoms with Crippen molar-refractivity contribution in [3.63, 3.8) is 0 Å². The topological polar surface area (TPSA) is 93.9 Å². The average Bonchev–Trinajstić information content (AvgIpc) is 3.16. The number of carbonyl (C=O) groups is 1. The van der Waals surface area contributed by atoms with E-state index in [-0.39, 0.29) is 16.8 Å². The van der Waals surface area contributed by atoms with Crippen molar-refractivity contribution >= 4 is 15.7 Å². The SMILES string of the molecule is CC(NC(=O)c1ccc(-n2ccnc2)nc1)c1ccc(S(C)(=O)=O)cc1. The second kappa shape index (κ2) is 7.09. The van der Waals surface area contributed by atoms with Crippen LogP contribution in [-0.2, 0) is 9.84 Å². The van der Waals surface area contributed by atoms with Crippen LogP contribution in [0.1, 0.15) is 28.9 Å². The molecule has 2 aromatic heterocycles. The number of aromatic nitrogens is 3. The van der Waals surface area contributed by atoms with Gasteiger partial charge >= 0.3 is 0 Å². The fourth-order valence-corrected chi connectivity index (χ4v) is 3.07. The third kappa shape index (κ3) is 3.97. The summed E-state index contributed by atoms with van der Waals surface area (Å²) < 4.78 is 24.8. The molecule has 3 rings (SSSR count). The summed E-state index contributed by atoms with van der Waals surface area (Å²) in [6.45, 7) is 1.83. The number of hydrogen-bond acceptors (Lipinski definition) is 5. The van der Waals surface area contributed by atoms with Crippen molar-refractivity contribution in [2.75, 3.05) is 6.26 Å². The standard InChI is InChI=1S/C18H18N4O3S/c1-13(14-3-6-16(7-4-14)26(2,24)25)21-18(23)15-5-8-17(20-11-15)22-10-9-19-12-22/h3-13H,1-2H3,(H,21,23). The van der Waals surface area contributed by atoms with Gasteiger partial charge in [-0.15, -0.1) is 0 Å². The van der Waals surface area contributed by atoms with Crippen molar-refractivity contribution in [3.05, 3.63) is 72.4 Å². The minimum atomic E-state index is -3.24. The molecular formula is C18H18N4O3S. The molecule has 1 amide bonds. The van der Waals surface area contributed by atoms with E-state index in [1.165, 1.54) is 18.3 Å². The molecule has 0 aliphatic carbocycles. The van der Waals surface area contributed by atoms with Crippen LogP contribution >= 0.6 is 0 Å². The Labute approximate surface area is 151 Å². The summed E-state index contributed by atoms with van der Waals surface area (Å²) in [5, 5.41) is 2.88. The van der Waals surface area contributed by atoms with Crippen LogP contribution in [0.3, 0.4) is 0 Å². The van der Waals surface area contributed by atoms with Gasteiger partial charge in [0.25, 0.3) is 5.91 Å². The van der Waals surface area contributed by atoms with Gasteiger partial charge in [0.05, 0.1) is 16.5 Å². The number of carbonyl (C=O) groups excluding carboxylic acids is 1. The molecule has 0 radical (unpaired) electrons. The predicted octanol–water partition coefficient (Wildman–Crippen LogP) is 2.16. The van der Waals surface area contributed by atoms with Crippen LogP contribution in [0.25, 0.3) is 5.82 Å². The normalized spacial score (nSPS) is 12.5. The number of hydrogen-bond donors (Lipinski definition) is 1. The molecule has 0 bridgehead atoms. The third-order valence-electron chi connectivity index (χ3n) is 3.93. The molecule has 8 heteroatoms. The zero-order valence-corrected chi connectivity index (χ0v) is 15.1. The van der Waals surface area contributed by atoms with Crippen LogP contribution in [0.5, 0.6) is 0 Å². The van der Waals surface area contributed by atoms with Crippen molar-refractivity contribution in [3.8, 4) is 5.82 Å². The number of pyridine rings is 1. The predicted molar refractivity (Wildman–Crippen MR) is 96.8 cm³/mol. The van der Waals surface area contributed by atoms with Gasteiger partial charge in [0.2, 0.25) is 0 Å². The monoisotopic (exact) mass is 370 g/mol. The van der Waals surface area contributed by atoms with Gasteiger partial charge in [-0.05, 0) is 36.8 Å². The summed E-state index contributed by atoms with van der Waals surface area (Å²) in [4.78, 5) is 20.8. The van der Waals surface area contributed by atoms with E-state index in [2.05, 4.69) is 15.3 Å². The highest BCUT2D eigenvalue weighted by Crippen LogP contribution is 2.17. The fraction of sp³-hybridized carbons (Fsp3) is 0.167. The zero-order chi connectivity index (χ0) is 18.7. The van der Waals surface area contributed by atoms with Crippen molar-refractivity contribution in [1.29, 1.82) is 0 Å². The summed E-state index contributed by atoms with van der Waals surface area (Å²) in [6.07, 6.45) is 7.71. The highest BCUT2D eigenvalue weighted by atomic mass is 32.2. The summed E-state index contributed by atoms with van der Waals surface area (Å²) in [5.74, 6) is 0.415. The molecule has 1 unspecified atom stereocenters. The molecule has 1 aromatic carbocycles. The Bertz CT molecular complexity index is 996. The first-order chi connectivity index (χ1) is 12.3. The van der Waals surface area contributed by atoms with E-state index >= 15 is 0 Å². The average molecular weight is 370 g/mol. The minimum Gasteiger partial charge on any atom is -0.345 e. The number of amides is 1. The van der Waals surface area contributed by atoms with Crippen LogP contribution in [0.2, 0.25) is 0 Å². The lowest BCUT2D eigenvalue weighted by molar-refractivity contribution is 0.0939. The van der Waals surface area contributed by atoms with Gasteiger partial charge in [-0.2, -0.15) is 0 Å². The Balaban J connectivity index is 1.69. The molecule has 26 heavy (non-hydrogen) atoms. The van der Waals surface area contributed by atoms with Crippen molar-refractivity contribution in [2.45, 2.75) is 17.9 Å². The number of benzene rings is 1. The van der Waals surface area contributed by atoms with Gasteiger partial charge in [0.15, 0.2) is 9.84 Å². The Morgan fingerprint density at radius 1 is 1.15 bits per heavy atom. The molecule has 0 spiro atoms. The second-order valence-electron chi connectivity index (χ2n) is 5.91. The number of nitrogens with zero attached hydrogens (tertiary/aromatic N) is 3. The number of sulfone groups is 1. The molecule has 2 heterocycles. The maximum Gasteiger partial charge on any atom is 0.253 e. The van der Waals surface area contributed by atoms with E-state index in [0.717, 1.165) is 11.8 Å². The van der Waals surface area contributed by atoms with E-state index in [4.69, 9.17) is 0 Å². The molecule has 3 aromatic rings. The van der Waals surface area contributed by atoms with Crippen molar-refractivity contribution < 1.29 is 13.2 Å². The fourth-order valence-electron chi connectivity index (χ4n) is 2.43. The first kappa shape index (κ1) is 17.8. The van der Waals surface area contributed by atoms with Gasteiger partial charge in [-0.25, -0.2) is 18.4 Å². The molecule has 0 saturated heterocycles. The summed E-state index contributed by atoms with van der Waals surface area (Å²) in [7, 11) is -3.24. The van der Waals surface area contributed by atoms with Crippen molar-refractivity contribution in [2.24, 2.45) is 0 Å². The molecule has 0 aliphatic heterocycles. The maximum absolute atomic E-state index is 12.4. The molecule has 1 N–H and O–H groups in total. The number of nitrogens with one attached hydrogen (secondary N) is 1. The largest absolute Gasteiger partial charge is 0.345 e. The first-order valence-electron chi connectivity index (χ1n) is 7.90. The quantitative estimate of drug-likeness (QED) is 0.743. The second-order valence-corrected chi connectivity index (χ2v) is 7.93. The third-order valence-corrected chi connectivity index (χ3v) is 5.06. The highest BCUT2D eigenvalue weighted by Gasteiger charge is 2.13. The van der Waals surface area contributed by atoms with E-state index in [9.17, 15) is 13.2 Å². The molecule has 1 atom stereocenters. The smallest absolute Gasteiger partial charge is 0.253 e. The van der Waals surface area contributed by atoms with Crippen LogP contribution in [0, 0.1) is 0 Å². The Morgan fingerprint density at radius 3 is 2.42 bits per heavy atom. The lowest BCUT2D eigenvalue weighted by Gasteiger charge is -2.15. The van der Waals surface area contributed by atoms with Gasteiger partial charge in [0, 0.05) is 24.8 Å². The Hall–Kier alpha value is -3.00. The van der Waals surface area contributed by atoms with E-state index < -0.39 is 9.84 Å². The van der Waals surface area contributed by atoms with Crippen LogP contribution < -0.4 is 5.32 Å². The maximum atomic E-state index is 12.4. The van der Waals surface area contributed by atoms with Crippen LogP contribution in [0.4, 0.5) is 0 Å². The number of imidazole rings is 1. The molecule has 134 valence electrons. The van der Waals surface area contributed by atoms with E-state index in [1.54, 1.807) is 47.6 Å². The van der Waals surface area contributed by atoms with Crippen LogP contribution in [-0.4, -0.2) is 35.1 Å². The Morgan fingerprint density at radius 2 is 1.88 bits per heavy atom. The van der Waals surface area contributed by atoms with E-state index in [1.807, 2.05) is 6.92 Å². The molecule has 7 nitrogen and oxygen atoms in total. The molecule has 0 aliphatic rings. The lowest BCUT2D eigenvalue weighted by Crippen LogP contribution is -2.26. The molecule has 0 saturated carbocycles. The number of rotatable bonds is 5. The zero-order valence-electron chi connectivity index (χ0n) is 14.3. The summed E-state index contributed by atoms with van der Waals surface area (Å²) in [5.41, 5.74) is 1.25. The highest BCUT2D eigenvalue weighted by molar-refractivity contribution is 7.90. The van der Waals surface area contributed by atoms with Gasteiger partial charge in [0.1, 0.15) is 12.1 Å². The van der Waals surface area contributed by atoms with E-state index in [0.29, 0.717) is 11.4 Å². The lowest BCUT2D eigenvalue weighted by atomic mass is 10.1. The van der Waals surface area contributed by atoms with Gasteiger partial charge in [-0.1, -0.05) is 12.1 Å². The Kier molecular flexibility index (Phi) is 4.85. The minimum absolute atomic E-state index is 0.249. The van der Waals surface area contributed by atoms with Crippen LogP contribution in [0.15, 0.2) is 66.2 Å². The molecule has 0 fully saturated rings. The first-order valence-corrected chi connectivity index (χ1v) is 9.79. The summed E-state index contributed by atoms with van der Waals surface area (Å²) in [6, 6.07) is 9.62.